The molecule has 1 aliphatic carbocycles. The van der Waals surface area contributed by atoms with Gasteiger partial charge in [0.2, 0.25) is 0 Å². The third-order valence-corrected chi connectivity index (χ3v) is 7.40. The number of hydrogen-bond donors (Lipinski definition) is 2. The fourth-order valence-corrected chi connectivity index (χ4v) is 5.18. The molecule has 3 atom stereocenters. The summed E-state index contributed by atoms with van der Waals surface area (Å²) in [5.74, 6) is 0.900. The molecule has 5 heteroatoms. The maximum Gasteiger partial charge on any atom is 0.262 e. The molecular weight excluding hydrogens is 392 g/mol. The average Bonchev–Trinajstić information content (AvgIpc) is 2.71. The lowest BCUT2D eigenvalue weighted by Gasteiger charge is -2.34. The zero-order chi connectivity index (χ0) is 21.3. The SMILES string of the molecule is Cc1cccc(/C=C2/Sc3ccc(C(=O)N[C@@H]4CCC[C@H](C)[C@@H]4C)cc3NC2=O)c1. The van der Waals surface area contributed by atoms with Crippen LogP contribution in [0, 0.1) is 18.8 Å². The number of anilines is 1. The molecule has 0 saturated heterocycles. The molecule has 2 aliphatic rings. The molecule has 2 amide bonds. The van der Waals surface area contributed by atoms with E-state index in [9.17, 15) is 9.59 Å². The lowest BCUT2D eigenvalue weighted by atomic mass is 9.78. The van der Waals surface area contributed by atoms with E-state index in [4.69, 9.17) is 0 Å². The Morgan fingerprint density at radius 3 is 2.80 bits per heavy atom. The molecule has 0 unspecified atom stereocenters. The van der Waals surface area contributed by atoms with Crippen LogP contribution in [0.5, 0.6) is 0 Å². The second-order valence-electron chi connectivity index (χ2n) is 8.54. The second-order valence-corrected chi connectivity index (χ2v) is 9.62. The molecule has 156 valence electrons. The van der Waals surface area contributed by atoms with Crippen molar-refractivity contribution in [3.05, 3.63) is 64.1 Å². The van der Waals surface area contributed by atoms with Gasteiger partial charge in [-0.3, -0.25) is 9.59 Å². The number of benzene rings is 2. The van der Waals surface area contributed by atoms with E-state index in [1.165, 1.54) is 18.2 Å². The first-order valence-electron chi connectivity index (χ1n) is 10.6. The van der Waals surface area contributed by atoms with Crippen LogP contribution in [-0.2, 0) is 4.79 Å². The summed E-state index contributed by atoms with van der Waals surface area (Å²) in [6.45, 7) is 6.52. The fraction of sp³-hybridized carbons (Fsp3) is 0.360. The van der Waals surface area contributed by atoms with Crippen molar-refractivity contribution < 1.29 is 9.59 Å². The number of thioether (sulfide) groups is 1. The number of aryl methyl sites for hydroxylation is 1. The average molecular weight is 421 g/mol. The second kappa shape index (κ2) is 8.68. The molecule has 2 aromatic rings. The van der Waals surface area contributed by atoms with Crippen LogP contribution < -0.4 is 10.6 Å². The molecule has 0 bridgehead atoms. The van der Waals surface area contributed by atoms with Gasteiger partial charge in [-0.25, -0.2) is 0 Å². The summed E-state index contributed by atoms with van der Waals surface area (Å²) in [5.41, 5.74) is 3.45. The van der Waals surface area contributed by atoms with Crippen molar-refractivity contribution >= 4 is 35.3 Å². The van der Waals surface area contributed by atoms with E-state index in [2.05, 4.69) is 30.5 Å². The van der Waals surface area contributed by atoms with Gasteiger partial charge in [0.15, 0.2) is 0 Å². The summed E-state index contributed by atoms with van der Waals surface area (Å²) in [4.78, 5) is 27.0. The lowest BCUT2D eigenvalue weighted by Crippen LogP contribution is -2.43. The molecule has 4 rings (SSSR count). The highest BCUT2D eigenvalue weighted by Gasteiger charge is 2.29. The minimum atomic E-state index is -0.138. The van der Waals surface area contributed by atoms with Crippen molar-refractivity contribution in [1.82, 2.24) is 5.32 Å². The number of nitrogens with one attached hydrogen (secondary N) is 2. The first-order chi connectivity index (χ1) is 14.4. The maximum absolute atomic E-state index is 12.8. The van der Waals surface area contributed by atoms with Gasteiger partial charge in [0.25, 0.3) is 11.8 Å². The normalized spacial score (nSPS) is 24.8. The lowest BCUT2D eigenvalue weighted by molar-refractivity contribution is -0.112. The highest BCUT2D eigenvalue weighted by Crippen LogP contribution is 2.39. The highest BCUT2D eigenvalue weighted by molar-refractivity contribution is 8.04. The molecule has 1 saturated carbocycles. The van der Waals surface area contributed by atoms with Gasteiger partial charge in [0.1, 0.15) is 0 Å². The van der Waals surface area contributed by atoms with Crippen molar-refractivity contribution in [1.29, 1.82) is 0 Å². The van der Waals surface area contributed by atoms with Gasteiger partial charge in [-0.2, -0.15) is 0 Å². The Labute approximate surface area is 182 Å². The molecule has 1 fully saturated rings. The van der Waals surface area contributed by atoms with Crippen LogP contribution in [0.1, 0.15) is 54.6 Å². The molecule has 0 spiro atoms. The standard InChI is InChI=1S/C25H28N2O2S/c1-15-6-4-8-18(12-15)13-23-25(29)27-21-14-19(10-11-22(21)30-23)24(28)26-20-9-5-7-16(2)17(20)3/h4,6,8,10-14,16-17,20H,5,7,9H2,1-3H3,(H,26,28)(H,27,29)/b23-13+/t16-,17-,20+/m0/s1. The first kappa shape index (κ1) is 20.7. The van der Waals surface area contributed by atoms with Gasteiger partial charge < -0.3 is 10.6 Å². The van der Waals surface area contributed by atoms with Gasteiger partial charge >= 0.3 is 0 Å². The zero-order valence-corrected chi connectivity index (χ0v) is 18.5. The molecule has 2 N–H and O–H groups in total. The van der Waals surface area contributed by atoms with Gasteiger partial charge in [-0.1, -0.05) is 68.3 Å². The largest absolute Gasteiger partial charge is 0.349 e. The summed E-state index contributed by atoms with van der Waals surface area (Å²) in [7, 11) is 0. The van der Waals surface area contributed by atoms with Gasteiger partial charge in [-0.05, 0) is 55.0 Å². The predicted molar refractivity (Wildman–Crippen MR) is 124 cm³/mol. The van der Waals surface area contributed by atoms with Crippen LogP contribution in [-0.4, -0.2) is 17.9 Å². The Balaban J connectivity index is 1.50. The van der Waals surface area contributed by atoms with E-state index in [1.54, 1.807) is 6.07 Å². The topological polar surface area (TPSA) is 58.2 Å². The monoisotopic (exact) mass is 420 g/mol. The molecular formula is C25H28N2O2S. The summed E-state index contributed by atoms with van der Waals surface area (Å²) >= 11 is 1.44. The van der Waals surface area contributed by atoms with Gasteiger partial charge in [0.05, 0.1) is 10.6 Å². The van der Waals surface area contributed by atoms with E-state index >= 15 is 0 Å². The number of carbonyl (C=O) groups is 2. The molecule has 30 heavy (non-hydrogen) atoms. The molecule has 4 nitrogen and oxygen atoms in total. The van der Waals surface area contributed by atoms with E-state index in [0.29, 0.717) is 28.0 Å². The minimum absolute atomic E-state index is 0.0656. The molecule has 0 radical (unpaired) electrons. The highest BCUT2D eigenvalue weighted by atomic mass is 32.2. The Morgan fingerprint density at radius 2 is 2.00 bits per heavy atom. The van der Waals surface area contributed by atoms with Crippen molar-refractivity contribution in [2.24, 2.45) is 11.8 Å². The molecule has 2 aromatic carbocycles. The number of amides is 2. The third kappa shape index (κ3) is 4.46. The number of rotatable bonds is 3. The van der Waals surface area contributed by atoms with Crippen LogP contribution in [0.25, 0.3) is 6.08 Å². The number of hydrogen-bond acceptors (Lipinski definition) is 3. The summed E-state index contributed by atoms with van der Waals surface area (Å²) in [6.07, 6.45) is 5.32. The Kier molecular flexibility index (Phi) is 6.00. The predicted octanol–water partition coefficient (Wildman–Crippen LogP) is 5.63. The quantitative estimate of drug-likeness (QED) is 0.632. The Bertz CT molecular complexity index is 1010. The van der Waals surface area contributed by atoms with Crippen LogP contribution in [0.4, 0.5) is 5.69 Å². The summed E-state index contributed by atoms with van der Waals surface area (Å²) in [6, 6.07) is 13.8. The van der Waals surface area contributed by atoms with Gasteiger partial charge in [-0.15, -0.1) is 0 Å². The summed E-state index contributed by atoms with van der Waals surface area (Å²) in [5, 5.41) is 6.16. The van der Waals surface area contributed by atoms with E-state index in [-0.39, 0.29) is 17.9 Å². The van der Waals surface area contributed by atoms with Gasteiger partial charge in [0, 0.05) is 16.5 Å². The minimum Gasteiger partial charge on any atom is -0.349 e. The number of fused-ring (bicyclic) bond motifs is 1. The Hall–Kier alpha value is -2.53. The van der Waals surface area contributed by atoms with Crippen molar-refractivity contribution in [2.75, 3.05) is 5.32 Å². The smallest absolute Gasteiger partial charge is 0.262 e. The fourth-order valence-electron chi connectivity index (χ4n) is 4.25. The zero-order valence-electron chi connectivity index (χ0n) is 17.7. The van der Waals surface area contributed by atoms with E-state index in [1.807, 2.05) is 43.3 Å². The maximum atomic E-state index is 12.8. The molecule has 0 aromatic heterocycles. The third-order valence-electron chi connectivity index (χ3n) is 6.30. The van der Waals surface area contributed by atoms with Crippen molar-refractivity contribution in [3.63, 3.8) is 0 Å². The summed E-state index contributed by atoms with van der Waals surface area (Å²) < 4.78 is 0. The van der Waals surface area contributed by atoms with E-state index in [0.717, 1.165) is 28.9 Å². The van der Waals surface area contributed by atoms with Crippen LogP contribution in [0.15, 0.2) is 52.3 Å². The van der Waals surface area contributed by atoms with Crippen molar-refractivity contribution in [2.45, 2.75) is 51.0 Å². The van der Waals surface area contributed by atoms with Crippen LogP contribution in [0.3, 0.4) is 0 Å². The van der Waals surface area contributed by atoms with E-state index < -0.39 is 0 Å². The van der Waals surface area contributed by atoms with Crippen molar-refractivity contribution in [3.8, 4) is 0 Å². The molecule has 1 heterocycles. The first-order valence-corrected chi connectivity index (χ1v) is 11.4. The molecule has 1 aliphatic heterocycles. The van der Waals surface area contributed by atoms with Crippen LogP contribution >= 0.6 is 11.8 Å². The number of carbonyl (C=O) groups excluding carboxylic acids is 2. The Morgan fingerprint density at radius 1 is 1.17 bits per heavy atom. The van der Waals surface area contributed by atoms with Crippen LogP contribution in [0.2, 0.25) is 0 Å².